The van der Waals surface area contributed by atoms with Crippen LogP contribution in [-0.4, -0.2) is 28.6 Å². The first-order valence-electron chi connectivity index (χ1n) is 9.29. The maximum atomic E-state index is 12.2. The Morgan fingerprint density at radius 2 is 1.93 bits per heavy atom. The van der Waals surface area contributed by atoms with E-state index in [1.165, 1.54) is 11.8 Å². The third-order valence-corrected chi connectivity index (χ3v) is 4.99. The predicted octanol–water partition coefficient (Wildman–Crippen LogP) is 3.81. The number of aromatic nitrogens is 3. The van der Waals surface area contributed by atoms with Gasteiger partial charge in [0.1, 0.15) is 11.5 Å². The van der Waals surface area contributed by atoms with Crippen molar-refractivity contribution in [2.75, 3.05) is 18.6 Å². The van der Waals surface area contributed by atoms with Gasteiger partial charge in [0.05, 0.1) is 23.7 Å². The van der Waals surface area contributed by atoms with Crippen molar-refractivity contribution < 1.29 is 9.47 Å². The highest BCUT2D eigenvalue weighted by molar-refractivity contribution is 5.76. The molecule has 7 nitrogen and oxygen atoms in total. The Hall–Kier alpha value is -3.87. The van der Waals surface area contributed by atoms with Crippen LogP contribution in [0.25, 0.3) is 10.9 Å². The highest BCUT2D eigenvalue weighted by Gasteiger charge is 2.14. The number of H-pyrrole nitrogens is 1. The minimum atomic E-state index is -0.260. The van der Waals surface area contributed by atoms with Crippen molar-refractivity contribution in [1.82, 2.24) is 15.0 Å². The monoisotopic (exact) mass is 386 g/mol. The molecule has 0 bridgehead atoms. The Kier molecular flexibility index (Phi) is 4.13. The molecule has 0 amide bonds. The quantitative estimate of drug-likeness (QED) is 0.574. The molecular weight excluding hydrogens is 368 g/mol. The lowest BCUT2D eigenvalue weighted by Gasteiger charge is -2.20. The molecular formula is C22H18N4O3. The van der Waals surface area contributed by atoms with Crippen molar-refractivity contribution in [3.63, 3.8) is 0 Å². The summed E-state index contributed by atoms with van der Waals surface area (Å²) in [5, 5.41) is 0.476. The second-order valence-electron chi connectivity index (χ2n) is 6.81. The Balaban J connectivity index is 1.37. The Morgan fingerprint density at radius 1 is 1.10 bits per heavy atom. The molecule has 1 N–H and O–H groups in total. The molecule has 7 heteroatoms. The number of benzene rings is 2. The van der Waals surface area contributed by atoms with Crippen LogP contribution in [0.15, 0.2) is 65.7 Å². The largest absolute Gasteiger partial charge is 0.493 e. The molecule has 0 aliphatic carbocycles. The third kappa shape index (κ3) is 3.27. The van der Waals surface area contributed by atoms with Gasteiger partial charge in [0.2, 0.25) is 0 Å². The van der Waals surface area contributed by atoms with Crippen LogP contribution in [0, 0.1) is 0 Å². The van der Waals surface area contributed by atoms with E-state index in [9.17, 15) is 4.79 Å². The van der Waals surface area contributed by atoms with Gasteiger partial charge in [-0.25, -0.2) is 0 Å². The van der Waals surface area contributed by atoms with Gasteiger partial charge in [-0.2, -0.15) is 4.98 Å². The lowest BCUT2D eigenvalue weighted by atomic mass is 10.1. The zero-order valence-corrected chi connectivity index (χ0v) is 15.8. The number of pyridine rings is 1. The standard InChI is InChI=1S/C22H18N4O3/c1-26(16-4-7-20-14(12-16)9-11-28-20)15-2-5-17(6-3-15)29-22-24-19-13-23-10-8-18(19)21(27)25-22/h2-8,10,12-13H,9,11H2,1H3,(H,24,25,27). The number of hydrogen-bond acceptors (Lipinski definition) is 6. The fourth-order valence-electron chi connectivity index (χ4n) is 3.40. The number of fused-ring (bicyclic) bond motifs is 2. The first-order chi connectivity index (χ1) is 14.2. The van der Waals surface area contributed by atoms with Crippen molar-refractivity contribution in [2.45, 2.75) is 6.42 Å². The molecule has 1 aliphatic rings. The smallest absolute Gasteiger partial charge is 0.302 e. The normalized spacial score (nSPS) is 12.4. The van der Waals surface area contributed by atoms with E-state index < -0.39 is 0 Å². The molecule has 1 aliphatic heterocycles. The molecule has 3 heterocycles. The van der Waals surface area contributed by atoms with Crippen molar-refractivity contribution in [3.8, 4) is 17.5 Å². The van der Waals surface area contributed by atoms with Gasteiger partial charge in [-0.05, 0) is 54.1 Å². The van der Waals surface area contributed by atoms with Gasteiger partial charge in [0.15, 0.2) is 0 Å². The molecule has 0 unspecified atom stereocenters. The summed E-state index contributed by atoms with van der Waals surface area (Å²) in [7, 11) is 2.02. The number of hydrogen-bond donors (Lipinski definition) is 1. The Labute approximate surface area is 166 Å². The highest BCUT2D eigenvalue weighted by Crippen LogP contribution is 2.32. The van der Waals surface area contributed by atoms with E-state index in [-0.39, 0.29) is 11.6 Å². The lowest BCUT2D eigenvalue weighted by molar-refractivity contribution is 0.357. The van der Waals surface area contributed by atoms with Gasteiger partial charge < -0.3 is 14.4 Å². The topological polar surface area (TPSA) is 80.3 Å². The minimum absolute atomic E-state index is 0.134. The summed E-state index contributed by atoms with van der Waals surface area (Å²) in [5.74, 6) is 1.55. The van der Waals surface area contributed by atoms with E-state index >= 15 is 0 Å². The van der Waals surface area contributed by atoms with Crippen LogP contribution in [0.2, 0.25) is 0 Å². The summed E-state index contributed by atoms with van der Waals surface area (Å²) >= 11 is 0. The highest BCUT2D eigenvalue weighted by atomic mass is 16.5. The van der Waals surface area contributed by atoms with E-state index in [4.69, 9.17) is 9.47 Å². The lowest BCUT2D eigenvalue weighted by Crippen LogP contribution is -2.10. The molecule has 0 saturated heterocycles. The number of ether oxygens (including phenoxy) is 2. The molecule has 0 fully saturated rings. The van der Waals surface area contributed by atoms with Gasteiger partial charge in [-0.15, -0.1) is 0 Å². The SMILES string of the molecule is CN(c1ccc(Oc2nc3cnccc3c(=O)[nH]2)cc1)c1ccc2c(c1)CCO2. The van der Waals surface area contributed by atoms with E-state index in [0.717, 1.165) is 30.2 Å². The summed E-state index contributed by atoms with van der Waals surface area (Å²) in [6, 6.07) is 15.6. The van der Waals surface area contributed by atoms with Crippen LogP contribution >= 0.6 is 0 Å². The summed E-state index contributed by atoms with van der Waals surface area (Å²) in [6.07, 6.45) is 4.04. The number of nitrogens with zero attached hydrogens (tertiary/aromatic N) is 3. The summed E-state index contributed by atoms with van der Waals surface area (Å²) in [6.45, 7) is 0.746. The molecule has 5 rings (SSSR count). The van der Waals surface area contributed by atoms with Gasteiger partial charge in [0, 0.05) is 31.0 Å². The second kappa shape index (κ2) is 6.94. The van der Waals surface area contributed by atoms with E-state index in [0.29, 0.717) is 16.7 Å². The molecule has 29 heavy (non-hydrogen) atoms. The van der Waals surface area contributed by atoms with Gasteiger partial charge in [0.25, 0.3) is 5.56 Å². The minimum Gasteiger partial charge on any atom is -0.493 e. The van der Waals surface area contributed by atoms with Gasteiger partial charge in [-0.3, -0.25) is 14.8 Å². The van der Waals surface area contributed by atoms with Crippen molar-refractivity contribution in [3.05, 3.63) is 76.8 Å². The number of aromatic amines is 1. The van der Waals surface area contributed by atoms with Crippen LogP contribution in [0.3, 0.4) is 0 Å². The first-order valence-corrected chi connectivity index (χ1v) is 9.29. The Bertz CT molecular complexity index is 1250. The first kappa shape index (κ1) is 17.2. The number of rotatable bonds is 4. The zero-order valence-electron chi connectivity index (χ0n) is 15.8. The second-order valence-corrected chi connectivity index (χ2v) is 6.81. The summed E-state index contributed by atoms with van der Waals surface area (Å²) in [5.41, 5.74) is 3.57. The number of anilines is 2. The van der Waals surface area contributed by atoms with Gasteiger partial charge >= 0.3 is 6.01 Å². The van der Waals surface area contributed by atoms with Crippen LogP contribution in [0.1, 0.15) is 5.56 Å². The fourth-order valence-corrected chi connectivity index (χ4v) is 3.40. The fraction of sp³-hybridized carbons (Fsp3) is 0.136. The van der Waals surface area contributed by atoms with E-state index in [2.05, 4.69) is 25.9 Å². The van der Waals surface area contributed by atoms with Crippen LogP contribution in [-0.2, 0) is 6.42 Å². The van der Waals surface area contributed by atoms with Crippen molar-refractivity contribution in [1.29, 1.82) is 0 Å². The predicted molar refractivity (Wildman–Crippen MR) is 110 cm³/mol. The van der Waals surface area contributed by atoms with Crippen molar-refractivity contribution in [2.24, 2.45) is 0 Å². The molecule has 0 saturated carbocycles. The van der Waals surface area contributed by atoms with Crippen LogP contribution in [0.5, 0.6) is 17.5 Å². The van der Waals surface area contributed by atoms with Crippen LogP contribution < -0.4 is 19.9 Å². The molecule has 0 spiro atoms. The molecule has 0 atom stereocenters. The van der Waals surface area contributed by atoms with E-state index in [1.807, 2.05) is 43.4 Å². The molecule has 144 valence electrons. The molecule has 2 aromatic heterocycles. The molecule has 2 aromatic carbocycles. The van der Waals surface area contributed by atoms with Gasteiger partial charge in [-0.1, -0.05) is 0 Å². The Morgan fingerprint density at radius 3 is 2.79 bits per heavy atom. The number of nitrogens with one attached hydrogen (secondary N) is 1. The summed E-state index contributed by atoms with van der Waals surface area (Å²) < 4.78 is 11.3. The molecule has 4 aromatic rings. The van der Waals surface area contributed by atoms with Crippen LogP contribution in [0.4, 0.5) is 11.4 Å². The average Bonchev–Trinajstić information content (AvgIpc) is 3.22. The zero-order chi connectivity index (χ0) is 19.8. The van der Waals surface area contributed by atoms with E-state index in [1.54, 1.807) is 12.3 Å². The van der Waals surface area contributed by atoms with Crippen molar-refractivity contribution >= 4 is 22.3 Å². The third-order valence-electron chi connectivity index (χ3n) is 4.99. The maximum absolute atomic E-state index is 12.2. The maximum Gasteiger partial charge on any atom is 0.302 e. The summed E-state index contributed by atoms with van der Waals surface area (Å²) in [4.78, 5) is 25.2. The molecule has 0 radical (unpaired) electrons. The average molecular weight is 386 g/mol.